The summed E-state index contributed by atoms with van der Waals surface area (Å²) in [6.07, 6.45) is 7.44. The highest BCUT2D eigenvalue weighted by Crippen LogP contribution is 2.34. The topological polar surface area (TPSA) is 87.3 Å². The lowest BCUT2D eigenvalue weighted by atomic mass is 9.83. The van der Waals surface area contributed by atoms with E-state index in [4.69, 9.17) is 15.2 Å². The predicted molar refractivity (Wildman–Crippen MR) is 121 cm³/mol. The van der Waals surface area contributed by atoms with E-state index in [0.717, 1.165) is 18.4 Å². The van der Waals surface area contributed by atoms with Gasteiger partial charge in [0.05, 0.1) is 18.1 Å². The first-order valence-corrected chi connectivity index (χ1v) is 10.6. The van der Waals surface area contributed by atoms with Crippen LogP contribution in [0.3, 0.4) is 0 Å². The minimum atomic E-state index is -0.880. The van der Waals surface area contributed by atoms with E-state index < -0.39 is 6.16 Å². The minimum Gasteiger partial charge on any atom is -0.395 e. The standard InChI is InChI=1S/C25H29N3O3/c1-3-8-18(2)13-21(19-9-5-4-6-10-19)14-20-11-7-12-23(24(20)26)31-25(29)30-22-15-27-17-28-16-22/h4-7,9-12,15-18,21H,3,8,13-14,26H2,1-2H3. The monoisotopic (exact) mass is 419 g/mol. The fourth-order valence-corrected chi connectivity index (χ4v) is 3.83. The summed E-state index contributed by atoms with van der Waals surface area (Å²) in [5.41, 5.74) is 9.08. The van der Waals surface area contributed by atoms with Crippen LogP contribution >= 0.6 is 0 Å². The second-order valence-corrected chi connectivity index (χ2v) is 7.80. The Bertz CT molecular complexity index is 964. The number of hydrogen-bond donors (Lipinski definition) is 1. The highest BCUT2D eigenvalue weighted by Gasteiger charge is 2.19. The second-order valence-electron chi connectivity index (χ2n) is 7.80. The van der Waals surface area contributed by atoms with Crippen LogP contribution in [0.1, 0.15) is 50.2 Å². The Morgan fingerprint density at radius 1 is 1.03 bits per heavy atom. The molecule has 6 nitrogen and oxygen atoms in total. The molecule has 0 aliphatic rings. The summed E-state index contributed by atoms with van der Waals surface area (Å²) < 4.78 is 10.5. The smallest absolute Gasteiger partial charge is 0.395 e. The third-order valence-electron chi connectivity index (χ3n) is 5.29. The predicted octanol–water partition coefficient (Wildman–Crippen LogP) is 5.79. The summed E-state index contributed by atoms with van der Waals surface area (Å²) in [5, 5.41) is 0. The largest absolute Gasteiger partial charge is 0.519 e. The zero-order valence-corrected chi connectivity index (χ0v) is 18.0. The molecule has 31 heavy (non-hydrogen) atoms. The van der Waals surface area contributed by atoms with Crippen molar-refractivity contribution in [1.82, 2.24) is 9.97 Å². The summed E-state index contributed by atoms with van der Waals surface area (Å²) >= 11 is 0. The maximum atomic E-state index is 12.2. The van der Waals surface area contributed by atoms with Crippen molar-refractivity contribution < 1.29 is 14.3 Å². The van der Waals surface area contributed by atoms with Gasteiger partial charge in [0.25, 0.3) is 0 Å². The van der Waals surface area contributed by atoms with Crippen LogP contribution in [0.25, 0.3) is 0 Å². The number of ether oxygens (including phenoxy) is 2. The van der Waals surface area contributed by atoms with Gasteiger partial charge in [-0.25, -0.2) is 14.8 Å². The molecule has 6 heteroatoms. The van der Waals surface area contributed by atoms with Gasteiger partial charge in [0, 0.05) is 0 Å². The maximum absolute atomic E-state index is 12.2. The first-order chi connectivity index (χ1) is 15.1. The Hall–Kier alpha value is -3.41. The molecular weight excluding hydrogens is 390 g/mol. The van der Waals surface area contributed by atoms with Gasteiger partial charge in [0.1, 0.15) is 6.33 Å². The average Bonchev–Trinajstić information content (AvgIpc) is 2.77. The van der Waals surface area contributed by atoms with Crippen LogP contribution < -0.4 is 15.2 Å². The normalized spacial score (nSPS) is 12.7. The van der Waals surface area contributed by atoms with Gasteiger partial charge in [-0.15, -0.1) is 0 Å². The number of hydrogen-bond acceptors (Lipinski definition) is 6. The van der Waals surface area contributed by atoms with Gasteiger partial charge in [-0.1, -0.05) is 69.2 Å². The number of aromatic nitrogens is 2. The van der Waals surface area contributed by atoms with Gasteiger partial charge in [-0.3, -0.25) is 0 Å². The molecule has 3 aromatic rings. The van der Waals surface area contributed by atoms with E-state index in [-0.39, 0.29) is 11.5 Å². The van der Waals surface area contributed by atoms with Crippen molar-refractivity contribution >= 4 is 11.8 Å². The van der Waals surface area contributed by atoms with Gasteiger partial charge in [-0.05, 0) is 41.9 Å². The van der Waals surface area contributed by atoms with E-state index in [1.54, 1.807) is 6.07 Å². The maximum Gasteiger partial charge on any atom is 0.519 e. The molecule has 2 aromatic carbocycles. The number of anilines is 1. The van der Waals surface area contributed by atoms with Crippen molar-refractivity contribution in [2.45, 2.75) is 45.4 Å². The molecule has 0 aliphatic carbocycles. The second kappa shape index (κ2) is 11.1. The molecule has 162 valence electrons. The summed E-state index contributed by atoms with van der Waals surface area (Å²) in [5.74, 6) is 1.43. The molecule has 0 fully saturated rings. The quantitative estimate of drug-likeness (QED) is 0.268. The van der Waals surface area contributed by atoms with Gasteiger partial charge >= 0.3 is 6.16 Å². The number of rotatable bonds is 9. The Kier molecular flexibility index (Phi) is 7.98. The number of benzene rings is 2. The molecule has 0 amide bonds. The summed E-state index contributed by atoms with van der Waals surface area (Å²) in [6, 6.07) is 16.0. The SMILES string of the molecule is CCCC(C)CC(Cc1cccc(OC(=O)Oc2cncnc2)c1N)c1ccccc1. The molecule has 0 radical (unpaired) electrons. The first-order valence-electron chi connectivity index (χ1n) is 10.6. The van der Waals surface area contributed by atoms with Crippen LogP contribution in [0, 0.1) is 5.92 Å². The van der Waals surface area contributed by atoms with Crippen molar-refractivity contribution in [3.05, 3.63) is 78.4 Å². The van der Waals surface area contributed by atoms with Crippen LogP contribution in [0.15, 0.2) is 67.3 Å². The number of nitrogens with two attached hydrogens (primary N) is 1. The number of nitrogens with zero attached hydrogens (tertiary/aromatic N) is 2. The highest BCUT2D eigenvalue weighted by molar-refractivity contribution is 5.71. The molecule has 2 atom stereocenters. The Labute approximate surface area is 183 Å². The zero-order chi connectivity index (χ0) is 22.1. The molecule has 1 aromatic heterocycles. The number of carbonyl (C=O) groups is 1. The van der Waals surface area contributed by atoms with Crippen molar-refractivity contribution in [3.63, 3.8) is 0 Å². The van der Waals surface area contributed by atoms with Gasteiger partial charge in [0.15, 0.2) is 11.5 Å². The first kappa shape index (κ1) is 22.3. The van der Waals surface area contributed by atoms with Crippen LogP contribution in [0.5, 0.6) is 11.5 Å². The van der Waals surface area contributed by atoms with Crippen LogP contribution in [0.4, 0.5) is 10.5 Å². The minimum absolute atomic E-state index is 0.205. The molecule has 3 rings (SSSR count). The van der Waals surface area contributed by atoms with Crippen LogP contribution in [0.2, 0.25) is 0 Å². The van der Waals surface area contributed by atoms with Crippen LogP contribution in [-0.2, 0) is 6.42 Å². The Balaban J connectivity index is 1.75. The van der Waals surface area contributed by atoms with Crippen molar-refractivity contribution in [2.24, 2.45) is 5.92 Å². The lowest BCUT2D eigenvalue weighted by molar-refractivity contribution is 0.151. The zero-order valence-electron chi connectivity index (χ0n) is 18.0. The molecular formula is C25H29N3O3. The van der Waals surface area contributed by atoms with Gasteiger partial charge in [-0.2, -0.15) is 0 Å². The molecule has 0 spiro atoms. The number of para-hydroxylation sites is 1. The molecule has 2 N–H and O–H groups in total. The molecule has 0 bridgehead atoms. The van der Waals surface area contributed by atoms with E-state index in [1.165, 1.54) is 37.1 Å². The Morgan fingerprint density at radius 2 is 1.77 bits per heavy atom. The lowest BCUT2D eigenvalue weighted by Gasteiger charge is -2.22. The van der Waals surface area contributed by atoms with E-state index in [0.29, 0.717) is 17.5 Å². The van der Waals surface area contributed by atoms with Crippen molar-refractivity contribution in [2.75, 3.05) is 5.73 Å². The third-order valence-corrected chi connectivity index (χ3v) is 5.29. The van der Waals surface area contributed by atoms with Gasteiger partial charge < -0.3 is 15.2 Å². The van der Waals surface area contributed by atoms with Crippen molar-refractivity contribution in [3.8, 4) is 11.5 Å². The van der Waals surface area contributed by atoms with E-state index in [9.17, 15) is 4.79 Å². The van der Waals surface area contributed by atoms with Crippen LogP contribution in [-0.4, -0.2) is 16.1 Å². The molecule has 0 aliphatic heterocycles. The molecule has 0 saturated carbocycles. The molecule has 0 saturated heterocycles. The number of nitrogen functional groups attached to an aromatic ring is 1. The molecule has 1 heterocycles. The van der Waals surface area contributed by atoms with Gasteiger partial charge in [0.2, 0.25) is 0 Å². The van der Waals surface area contributed by atoms with E-state index in [1.807, 2.05) is 18.2 Å². The fourth-order valence-electron chi connectivity index (χ4n) is 3.83. The fraction of sp³-hybridized carbons (Fsp3) is 0.320. The van der Waals surface area contributed by atoms with E-state index >= 15 is 0 Å². The van der Waals surface area contributed by atoms with Crippen molar-refractivity contribution in [1.29, 1.82) is 0 Å². The third kappa shape index (κ3) is 6.54. The molecule has 2 unspecified atom stereocenters. The summed E-state index contributed by atoms with van der Waals surface area (Å²) in [4.78, 5) is 19.8. The lowest BCUT2D eigenvalue weighted by Crippen LogP contribution is -2.16. The average molecular weight is 420 g/mol. The highest BCUT2D eigenvalue weighted by atomic mass is 16.7. The van der Waals surface area contributed by atoms with E-state index in [2.05, 4.69) is 48.1 Å². The summed E-state index contributed by atoms with van der Waals surface area (Å²) in [7, 11) is 0. The summed E-state index contributed by atoms with van der Waals surface area (Å²) in [6.45, 7) is 4.51. The number of carbonyl (C=O) groups excluding carboxylic acids is 1. The Morgan fingerprint density at radius 3 is 2.48 bits per heavy atom.